The molecule has 0 radical (unpaired) electrons. The third-order valence-corrected chi connectivity index (χ3v) is 3.23. The van der Waals surface area contributed by atoms with Crippen molar-refractivity contribution in [3.8, 4) is 12.3 Å². The average Bonchev–Trinajstić information content (AvgIpc) is 2.24. The standard InChI is InChI=1S/C12H21N3O/c1-4-5-11(13)12(16)14-10-6-7-15(3)9(2)8-10/h1,9-11H,5-8,13H2,2-3H3,(H,14,16). The summed E-state index contributed by atoms with van der Waals surface area (Å²) >= 11 is 0. The molecule has 1 fully saturated rings. The average molecular weight is 223 g/mol. The van der Waals surface area contributed by atoms with Crippen LogP contribution in [0.1, 0.15) is 26.2 Å². The fourth-order valence-electron chi connectivity index (χ4n) is 1.95. The minimum Gasteiger partial charge on any atom is -0.352 e. The van der Waals surface area contributed by atoms with Crippen molar-refractivity contribution < 1.29 is 4.79 Å². The van der Waals surface area contributed by atoms with E-state index in [9.17, 15) is 4.79 Å². The maximum absolute atomic E-state index is 11.6. The number of carbonyl (C=O) groups excluding carboxylic acids is 1. The Balaban J connectivity index is 2.38. The lowest BCUT2D eigenvalue weighted by atomic mass is 9.98. The number of nitrogens with one attached hydrogen (secondary N) is 1. The number of hydrogen-bond acceptors (Lipinski definition) is 3. The normalized spacial score (nSPS) is 28.1. The Morgan fingerprint density at radius 3 is 3.00 bits per heavy atom. The van der Waals surface area contributed by atoms with Crippen molar-refractivity contribution in [1.82, 2.24) is 10.2 Å². The van der Waals surface area contributed by atoms with E-state index in [0.717, 1.165) is 19.4 Å². The van der Waals surface area contributed by atoms with Crippen LogP contribution in [0.2, 0.25) is 0 Å². The molecule has 0 bridgehead atoms. The second kappa shape index (κ2) is 5.88. The van der Waals surface area contributed by atoms with Gasteiger partial charge in [0.05, 0.1) is 6.04 Å². The molecule has 1 heterocycles. The molecule has 1 aliphatic heterocycles. The molecular weight excluding hydrogens is 202 g/mol. The monoisotopic (exact) mass is 223 g/mol. The number of amides is 1. The second-order valence-electron chi connectivity index (χ2n) is 4.57. The maximum Gasteiger partial charge on any atom is 0.238 e. The van der Waals surface area contributed by atoms with Crippen LogP contribution >= 0.6 is 0 Å². The van der Waals surface area contributed by atoms with Gasteiger partial charge in [-0.3, -0.25) is 4.79 Å². The zero-order valence-electron chi connectivity index (χ0n) is 10.1. The van der Waals surface area contributed by atoms with Gasteiger partial charge in [-0.05, 0) is 26.8 Å². The first kappa shape index (κ1) is 13.0. The van der Waals surface area contributed by atoms with Gasteiger partial charge in [0.15, 0.2) is 0 Å². The number of nitrogens with zero attached hydrogens (tertiary/aromatic N) is 1. The Labute approximate surface area is 97.6 Å². The molecule has 1 rings (SSSR count). The van der Waals surface area contributed by atoms with Crippen LogP contribution in [0.3, 0.4) is 0 Å². The Morgan fingerprint density at radius 1 is 1.75 bits per heavy atom. The number of nitrogens with two attached hydrogens (primary N) is 1. The summed E-state index contributed by atoms with van der Waals surface area (Å²) in [4.78, 5) is 13.9. The summed E-state index contributed by atoms with van der Waals surface area (Å²) in [6, 6.07) is 0.172. The first-order valence-electron chi connectivity index (χ1n) is 5.74. The highest BCUT2D eigenvalue weighted by atomic mass is 16.2. The van der Waals surface area contributed by atoms with Crippen LogP contribution < -0.4 is 11.1 Å². The molecule has 0 aliphatic carbocycles. The van der Waals surface area contributed by atoms with Gasteiger partial charge in [0, 0.05) is 25.0 Å². The van der Waals surface area contributed by atoms with Crippen molar-refractivity contribution >= 4 is 5.91 Å². The smallest absolute Gasteiger partial charge is 0.238 e. The molecule has 1 saturated heterocycles. The molecule has 1 amide bonds. The molecule has 3 unspecified atom stereocenters. The van der Waals surface area contributed by atoms with Gasteiger partial charge in [-0.25, -0.2) is 0 Å². The van der Waals surface area contributed by atoms with E-state index in [1.807, 2.05) is 0 Å². The zero-order valence-corrected chi connectivity index (χ0v) is 10.1. The second-order valence-corrected chi connectivity index (χ2v) is 4.57. The van der Waals surface area contributed by atoms with Crippen LogP contribution in [0.25, 0.3) is 0 Å². The van der Waals surface area contributed by atoms with Gasteiger partial charge in [0.2, 0.25) is 5.91 Å². The minimum atomic E-state index is -0.569. The fraction of sp³-hybridized carbons (Fsp3) is 0.750. The van der Waals surface area contributed by atoms with E-state index in [1.54, 1.807) is 0 Å². The Morgan fingerprint density at radius 2 is 2.44 bits per heavy atom. The summed E-state index contributed by atoms with van der Waals surface area (Å²) in [5.41, 5.74) is 5.64. The lowest BCUT2D eigenvalue weighted by Crippen LogP contribution is -2.51. The Hall–Kier alpha value is -1.05. The first-order valence-corrected chi connectivity index (χ1v) is 5.74. The number of hydrogen-bond donors (Lipinski definition) is 2. The molecule has 90 valence electrons. The first-order chi connectivity index (χ1) is 7.54. The maximum atomic E-state index is 11.6. The van der Waals surface area contributed by atoms with E-state index in [4.69, 9.17) is 12.2 Å². The molecule has 0 aromatic rings. The number of rotatable bonds is 3. The zero-order chi connectivity index (χ0) is 12.1. The largest absolute Gasteiger partial charge is 0.352 e. The molecule has 4 nitrogen and oxygen atoms in total. The Bertz CT molecular complexity index is 284. The van der Waals surface area contributed by atoms with Crippen LogP contribution in [0.5, 0.6) is 0 Å². The molecule has 0 aromatic carbocycles. The SMILES string of the molecule is C#CCC(N)C(=O)NC1CCN(C)C(C)C1. The number of piperidine rings is 1. The summed E-state index contributed by atoms with van der Waals surface area (Å²) in [6.07, 6.45) is 7.38. The van der Waals surface area contributed by atoms with Crippen LogP contribution in [0.15, 0.2) is 0 Å². The topological polar surface area (TPSA) is 58.4 Å². The summed E-state index contributed by atoms with van der Waals surface area (Å²) in [5, 5.41) is 2.97. The van der Waals surface area contributed by atoms with E-state index in [-0.39, 0.29) is 11.9 Å². The molecule has 4 heteroatoms. The van der Waals surface area contributed by atoms with Crippen LogP contribution in [-0.2, 0) is 4.79 Å². The lowest BCUT2D eigenvalue weighted by Gasteiger charge is -2.35. The molecule has 16 heavy (non-hydrogen) atoms. The van der Waals surface area contributed by atoms with Gasteiger partial charge in [-0.15, -0.1) is 12.3 Å². The number of carbonyl (C=O) groups is 1. The number of likely N-dealkylation sites (tertiary alicyclic amines) is 1. The minimum absolute atomic E-state index is 0.125. The van der Waals surface area contributed by atoms with Crippen LogP contribution in [-0.4, -0.2) is 42.5 Å². The summed E-state index contributed by atoms with van der Waals surface area (Å²) in [6.45, 7) is 3.18. The summed E-state index contributed by atoms with van der Waals surface area (Å²) < 4.78 is 0. The molecule has 0 saturated carbocycles. The third kappa shape index (κ3) is 3.51. The van der Waals surface area contributed by atoms with Crippen molar-refractivity contribution in [3.05, 3.63) is 0 Å². The molecule has 0 aromatic heterocycles. The molecule has 3 atom stereocenters. The molecule has 3 N–H and O–H groups in total. The predicted octanol–water partition coefficient (Wildman–Crippen LogP) is -0.0641. The third-order valence-electron chi connectivity index (χ3n) is 3.23. The highest BCUT2D eigenvalue weighted by Crippen LogP contribution is 2.15. The van der Waals surface area contributed by atoms with Crippen molar-refractivity contribution in [2.75, 3.05) is 13.6 Å². The van der Waals surface area contributed by atoms with Gasteiger partial charge in [0.1, 0.15) is 0 Å². The predicted molar refractivity (Wildman–Crippen MR) is 64.7 cm³/mol. The molecule has 1 aliphatic rings. The van der Waals surface area contributed by atoms with E-state index in [1.165, 1.54) is 0 Å². The van der Waals surface area contributed by atoms with E-state index in [0.29, 0.717) is 12.5 Å². The van der Waals surface area contributed by atoms with Gasteiger partial charge in [0.25, 0.3) is 0 Å². The van der Waals surface area contributed by atoms with E-state index in [2.05, 4.69) is 30.1 Å². The van der Waals surface area contributed by atoms with Crippen LogP contribution in [0, 0.1) is 12.3 Å². The van der Waals surface area contributed by atoms with Crippen LogP contribution in [0.4, 0.5) is 0 Å². The van der Waals surface area contributed by atoms with Crippen molar-refractivity contribution in [1.29, 1.82) is 0 Å². The highest BCUT2D eigenvalue weighted by molar-refractivity contribution is 5.82. The summed E-state index contributed by atoms with van der Waals surface area (Å²) in [7, 11) is 2.10. The van der Waals surface area contributed by atoms with Crippen molar-refractivity contribution in [2.24, 2.45) is 5.73 Å². The van der Waals surface area contributed by atoms with Gasteiger partial charge < -0.3 is 16.0 Å². The van der Waals surface area contributed by atoms with Gasteiger partial charge in [-0.2, -0.15) is 0 Å². The number of terminal acetylenes is 1. The highest BCUT2D eigenvalue weighted by Gasteiger charge is 2.25. The molecular formula is C12H21N3O. The lowest BCUT2D eigenvalue weighted by molar-refractivity contribution is -0.123. The Kier molecular flexibility index (Phi) is 4.78. The van der Waals surface area contributed by atoms with Crippen molar-refractivity contribution in [2.45, 2.75) is 44.3 Å². The molecule has 0 spiro atoms. The van der Waals surface area contributed by atoms with Crippen molar-refractivity contribution in [3.63, 3.8) is 0 Å². The fourth-order valence-corrected chi connectivity index (χ4v) is 1.95. The summed E-state index contributed by atoms with van der Waals surface area (Å²) in [5.74, 6) is 2.28. The van der Waals surface area contributed by atoms with E-state index < -0.39 is 6.04 Å². The quantitative estimate of drug-likeness (QED) is 0.659. The van der Waals surface area contributed by atoms with Gasteiger partial charge >= 0.3 is 0 Å². The van der Waals surface area contributed by atoms with E-state index >= 15 is 0 Å². The van der Waals surface area contributed by atoms with Gasteiger partial charge in [-0.1, -0.05) is 0 Å².